The Labute approximate surface area is 305 Å². The molecule has 0 unspecified atom stereocenters. The van der Waals surface area contributed by atoms with Crippen LogP contribution in [0.3, 0.4) is 0 Å². The number of rotatable bonds is 17. The Morgan fingerprint density at radius 2 is 1.24 bits per heavy atom. The minimum Gasteiger partial charge on any atom is -0.790 e. The predicted molar refractivity (Wildman–Crippen MR) is 167 cm³/mol. The molecule has 0 amide bonds. The molecule has 0 spiro atoms. The smallest absolute Gasteiger partial charge is 0.790 e. The van der Waals surface area contributed by atoms with Crippen LogP contribution in [0.2, 0.25) is 0 Å². The van der Waals surface area contributed by atoms with Crippen molar-refractivity contribution in [1.29, 1.82) is 0 Å². The minimum absolute atomic E-state index is 0. The average molecular weight is 624 g/mol. The quantitative estimate of drug-likeness (QED) is 0.0542. The van der Waals surface area contributed by atoms with E-state index >= 15 is 0 Å². The van der Waals surface area contributed by atoms with E-state index < -0.39 is 39.1 Å². The fourth-order valence-corrected chi connectivity index (χ4v) is 3.18. The molecular weight excluding hydrogens is 567 g/mol. The van der Waals surface area contributed by atoms with E-state index in [0.717, 1.165) is 19.3 Å². The topological polar surface area (TPSA) is 160 Å². The van der Waals surface area contributed by atoms with E-state index in [1.807, 2.05) is 0 Å². The molecule has 12 heteroatoms. The van der Waals surface area contributed by atoms with Crippen LogP contribution in [0.25, 0.3) is 0 Å². The molecule has 0 fully saturated rings. The van der Waals surface area contributed by atoms with Crippen molar-refractivity contribution in [1.82, 2.24) is 6.15 Å². The van der Waals surface area contributed by atoms with Crippen LogP contribution < -0.4 is 75.1 Å². The van der Waals surface area contributed by atoms with Crippen LogP contribution >= 0.6 is 7.82 Å². The van der Waals surface area contributed by atoms with E-state index in [1.165, 1.54) is 38.5 Å². The number of esters is 2. The Balaban J connectivity index is -0.0000000752. The van der Waals surface area contributed by atoms with Crippen molar-refractivity contribution < 1.29 is 113 Å². The summed E-state index contributed by atoms with van der Waals surface area (Å²) < 4.78 is 24.9. The molecule has 0 heterocycles. The second kappa shape index (κ2) is 32.9. The standard InChI is InChI=1S/C29H33O8P.H3N.2Na.11H2/c1-3-5-7-9-11-13-15-17-19-21-23-28(30)35-25-27(26-36-38(32,33)34)37-29(31)24-22-20-18-16-14-12-10-8-6-4-2;;;;;;;;;;;;;;/h1,27H,4,6,8,10,12,14,16,18,20,22,24-26H2,2H3,(H2,32,33,34);1H3;;;11*1H/q;;2*+1;;;;;;;;;;;/p-2/t27-;;;;;;;;;;;;;;/m0............../s1. The molecule has 0 aliphatic carbocycles. The molecule has 3 N–H and O–H groups in total. The first kappa shape index (κ1) is 46.3. The molecule has 9 nitrogen and oxygen atoms in total. The van der Waals surface area contributed by atoms with Gasteiger partial charge in [0.1, 0.15) is 6.61 Å². The number of hydrogen-bond donors (Lipinski definition) is 1. The molecule has 0 radical (unpaired) electrons. The van der Waals surface area contributed by atoms with Crippen molar-refractivity contribution >= 4 is 19.8 Å². The Bertz CT molecular complexity index is 1190. The molecule has 41 heavy (non-hydrogen) atoms. The van der Waals surface area contributed by atoms with E-state index in [-0.39, 0.29) is 87.4 Å². The van der Waals surface area contributed by atoms with E-state index in [2.05, 4.69) is 76.6 Å². The number of carbonyl (C=O) groups excluding carboxylic acids is 2. The molecular formula is C29H56NNa2O8P. The number of ether oxygens (including phenoxy) is 2. The average Bonchev–Trinajstić information content (AvgIpc) is 2.87. The zero-order chi connectivity index (χ0) is 28.3. The van der Waals surface area contributed by atoms with Gasteiger partial charge in [0, 0.05) is 28.0 Å². The third-order valence-electron chi connectivity index (χ3n) is 4.59. The van der Waals surface area contributed by atoms with Gasteiger partial charge >= 0.3 is 71.1 Å². The molecule has 0 aliphatic heterocycles. The Morgan fingerprint density at radius 1 is 0.780 bits per heavy atom. The first-order valence-electron chi connectivity index (χ1n) is 12.3. The maximum atomic E-state index is 12.1. The molecule has 0 bridgehead atoms. The summed E-state index contributed by atoms with van der Waals surface area (Å²) in [6.07, 6.45) is 14.7. The van der Waals surface area contributed by atoms with Crippen molar-refractivity contribution in [2.45, 2.75) is 83.7 Å². The number of unbranched alkanes of at least 4 members (excludes halogenated alkanes) is 9. The second-order valence-corrected chi connectivity index (χ2v) is 8.93. The third-order valence-corrected chi connectivity index (χ3v) is 5.05. The summed E-state index contributed by atoms with van der Waals surface area (Å²) >= 11 is 0. The summed E-state index contributed by atoms with van der Waals surface area (Å²) in [6, 6.07) is 0. The molecule has 0 aromatic rings. The van der Waals surface area contributed by atoms with Crippen LogP contribution in [0.5, 0.6) is 0 Å². The van der Waals surface area contributed by atoms with Crippen LogP contribution in [0.15, 0.2) is 0 Å². The molecule has 0 aromatic carbocycles. The van der Waals surface area contributed by atoms with Crippen molar-refractivity contribution in [3.8, 4) is 71.5 Å². The van der Waals surface area contributed by atoms with Crippen LogP contribution in [0, 0.1) is 71.5 Å². The first-order valence-corrected chi connectivity index (χ1v) is 13.7. The van der Waals surface area contributed by atoms with Gasteiger partial charge in [0.05, 0.1) is 14.4 Å². The van der Waals surface area contributed by atoms with Crippen LogP contribution in [0.1, 0.15) is 93.2 Å². The van der Waals surface area contributed by atoms with E-state index in [1.54, 1.807) is 0 Å². The van der Waals surface area contributed by atoms with Gasteiger partial charge in [-0.1, -0.05) is 64.7 Å². The van der Waals surface area contributed by atoms with Crippen molar-refractivity contribution in [3.63, 3.8) is 0 Å². The molecule has 0 aromatic heterocycles. The van der Waals surface area contributed by atoms with Gasteiger partial charge in [-0.2, -0.15) is 0 Å². The normalized spacial score (nSPS) is 9.32. The monoisotopic (exact) mass is 623 g/mol. The number of terminal acetylenes is 1. The zero-order valence-corrected chi connectivity index (χ0v) is 29.2. The van der Waals surface area contributed by atoms with Crippen molar-refractivity contribution in [2.24, 2.45) is 0 Å². The molecule has 232 valence electrons. The molecule has 0 saturated carbocycles. The molecule has 0 rings (SSSR count). The van der Waals surface area contributed by atoms with E-state index in [4.69, 9.17) is 15.9 Å². The van der Waals surface area contributed by atoms with Gasteiger partial charge in [-0.3, -0.25) is 4.79 Å². The van der Waals surface area contributed by atoms with Crippen LogP contribution in [-0.2, 0) is 28.2 Å². The Hall–Kier alpha value is -1.63. The Morgan fingerprint density at radius 3 is 1.73 bits per heavy atom. The second-order valence-electron chi connectivity index (χ2n) is 7.78. The number of carbonyl (C=O) groups is 2. The van der Waals surface area contributed by atoms with Gasteiger partial charge < -0.3 is 34.5 Å². The fourth-order valence-electron chi connectivity index (χ4n) is 2.83. The van der Waals surface area contributed by atoms with Crippen LogP contribution in [0.4, 0.5) is 0 Å². The van der Waals surface area contributed by atoms with Crippen molar-refractivity contribution in [3.05, 3.63) is 0 Å². The summed E-state index contributed by atoms with van der Waals surface area (Å²) in [5.74, 6) is 23.5. The third kappa shape index (κ3) is 36.3. The van der Waals surface area contributed by atoms with Gasteiger partial charge in [-0.05, 0) is 65.6 Å². The predicted octanol–water partition coefficient (Wildman–Crippen LogP) is -0.876. The Kier molecular flexibility index (Phi) is 37.2. The number of hydrogen-bond acceptors (Lipinski definition) is 9. The molecule has 0 aliphatic rings. The largest absolute Gasteiger partial charge is 1.00 e. The summed E-state index contributed by atoms with van der Waals surface area (Å²) in [4.78, 5) is 45.4. The van der Waals surface area contributed by atoms with Gasteiger partial charge in [0.15, 0.2) is 6.10 Å². The maximum absolute atomic E-state index is 12.1. The van der Waals surface area contributed by atoms with Gasteiger partial charge in [0.25, 0.3) is 0 Å². The number of phosphoric acid groups is 1. The molecule has 1 atom stereocenters. The molecule has 0 saturated heterocycles. The van der Waals surface area contributed by atoms with Gasteiger partial charge in [0.2, 0.25) is 0 Å². The van der Waals surface area contributed by atoms with E-state index in [0.29, 0.717) is 6.42 Å². The maximum Gasteiger partial charge on any atom is 1.00 e. The van der Waals surface area contributed by atoms with Crippen LogP contribution in [-0.4, -0.2) is 31.3 Å². The SMILES string of the molecule is C#CC#CC#CC#CC#CC#CC(=O)OC[C@@H](COP(=O)([O-])[O-])OC(=O)CCCCCCCCCCCC.N.[HH].[HH].[HH].[HH].[HH].[HH].[HH].[HH].[HH].[HH].[HH].[Na+].[Na+]. The summed E-state index contributed by atoms with van der Waals surface area (Å²) in [5.41, 5.74) is 0. The fraction of sp³-hybridized carbons (Fsp3) is 0.517. The number of phosphoric ester groups is 1. The summed E-state index contributed by atoms with van der Waals surface area (Å²) in [6.45, 7) is 0.847. The summed E-state index contributed by atoms with van der Waals surface area (Å²) in [5, 5.41) is 0. The van der Waals surface area contributed by atoms with Gasteiger partial charge in [-0.25, -0.2) is 4.79 Å². The summed E-state index contributed by atoms with van der Waals surface area (Å²) in [7, 11) is -5.31. The first-order chi connectivity index (χ1) is 18.3. The zero-order valence-electron chi connectivity index (χ0n) is 24.3. The van der Waals surface area contributed by atoms with E-state index in [9.17, 15) is 23.9 Å². The van der Waals surface area contributed by atoms with Gasteiger partial charge in [-0.15, -0.1) is 6.42 Å². The van der Waals surface area contributed by atoms with Crippen molar-refractivity contribution in [2.75, 3.05) is 13.2 Å². The minimum atomic E-state index is -5.31.